The maximum absolute atomic E-state index is 13.5. The first-order valence-corrected chi connectivity index (χ1v) is 6.77. The molecule has 0 saturated heterocycles. The van der Waals surface area contributed by atoms with E-state index in [1.807, 2.05) is 0 Å². The highest BCUT2D eigenvalue weighted by Gasteiger charge is 2.08. The van der Waals surface area contributed by atoms with Crippen LogP contribution in [0.2, 0.25) is 0 Å². The van der Waals surface area contributed by atoms with Gasteiger partial charge in [-0.15, -0.1) is 5.10 Å². The molecule has 0 aliphatic heterocycles. The highest BCUT2D eigenvalue weighted by molar-refractivity contribution is 9.10. The summed E-state index contributed by atoms with van der Waals surface area (Å²) in [6, 6.07) is 2.14. The van der Waals surface area contributed by atoms with Crippen molar-refractivity contribution in [2.45, 2.75) is 19.5 Å². The number of hydrogen-bond acceptors (Lipinski definition) is 4. The van der Waals surface area contributed by atoms with Crippen LogP contribution < -0.4 is 5.32 Å². The summed E-state index contributed by atoms with van der Waals surface area (Å²) >= 11 is 3.00. The minimum atomic E-state index is -0.668. The molecule has 2 aromatic rings. The van der Waals surface area contributed by atoms with Gasteiger partial charge in [0, 0.05) is 19.2 Å². The van der Waals surface area contributed by atoms with Crippen molar-refractivity contribution in [1.29, 1.82) is 0 Å². The smallest absolute Gasteiger partial charge is 0.149 e. The van der Waals surface area contributed by atoms with Crippen molar-refractivity contribution < 1.29 is 13.9 Å². The van der Waals surface area contributed by atoms with Crippen molar-refractivity contribution in [3.63, 3.8) is 0 Å². The number of aliphatic hydroxyl groups excluding tert-OH is 1. The first kappa shape index (κ1) is 14.9. The SMILES string of the molecule is OCCCn1cc(CNc2cc(Br)c(F)cc2F)nn1. The van der Waals surface area contributed by atoms with E-state index in [1.54, 1.807) is 10.9 Å². The number of rotatable bonds is 6. The van der Waals surface area contributed by atoms with Crippen LogP contribution in [0.5, 0.6) is 0 Å². The minimum Gasteiger partial charge on any atom is -0.396 e. The highest BCUT2D eigenvalue weighted by Crippen LogP contribution is 2.23. The second-order valence-electron chi connectivity index (χ2n) is 4.15. The first-order chi connectivity index (χ1) is 9.60. The van der Waals surface area contributed by atoms with E-state index in [-0.39, 0.29) is 23.3 Å². The Balaban J connectivity index is 1.98. The Morgan fingerprint density at radius 2 is 2.10 bits per heavy atom. The summed E-state index contributed by atoms with van der Waals surface area (Å²) in [6.07, 6.45) is 2.30. The van der Waals surface area contributed by atoms with Crippen molar-refractivity contribution in [3.8, 4) is 0 Å². The van der Waals surface area contributed by atoms with Crippen LogP contribution in [0.1, 0.15) is 12.1 Å². The summed E-state index contributed by atoms with van der Waals surface area (Å²) in [4.78, 5) is 0. The lowest BCUT2D eigenvalue weighted by Gasteiger charge is -2.06. The molecule has 0 spiro atoms. The van der Waals surface area contributed by atoms with Crippen LogP contribution in [-0.4, -0.2) is 26.7 Å². The molecule has 1 heterocycles. The zero-order valence-corrected chi connectivity index (χ0v) is 12.1. The molecule has 2 N–H and O–H groups in total. The minimum absolute atomic E-state index is 0.0856. The number of aliphatic hydroxyl groups is 1. The summed E-state index contributed by atoms with van der Waals surface area (Å²) in [6.45, 7) is 0.927. The number of nitrogens with one attached hydrogen (secondary N) is 1. The fourth-order valence-corrected chi connectivity index (χ4v) is 1.95. The molecule has 0 amide bonds. The molecule has 108 valence electrons. The van der Waals surface area contributed by atoms with Gasteiger partial charge in [-0.1, -0.05) is 5.21 Å². The third-order valence-electron chi connectivity index (χ3n) is 2.60. The topological polar surface area (TPSA) is 63.0 Å². The van der Waals surface area contributed by atoms with E-state index in [1.165, 1.54) is 6.07 Å². The number of aryl methyl sites for hydroxylation is 1. The van der Waals surface area contributed by atoms with Crippen molar-refractivity contribution >= 4 is 21.6 Å². The molecular weight excluding hydrogens is 334 g/mol. The molecule has 0 unspecified atom stereocenters. The van der Waals surface area contributed by atoms with Gasteiger partial charge in [0.2, 0.25) is 0 Å². The van der Waals surface area contributed by atoms with Gasteiger partial charge in [0.05, 0.1) is 22.9 Å². The quantitative estimate of drug-likeness (QED) is 0.788. The van der Waals surface area contributed by atoms with Crippen LogP contribution >= 0.6 is 15.9 Å². The second kappa shape index (κ2) is 6.76. The Bertz CT molecular complexity index is 591. The number of aromatic nitrogens is 3. The molecule has 0 fully saturated rings. The van der Waals surface area contributed by atoms with Gasteiger partial charge < -0.3 is 10.4 Å². The largest absolute Gasteiger partial charge is 0.396 e. The van der Waals surface area contributed by atoms with E-state index < -0.39 is 11.6 Å². The lowest BCUT2D eigenvalue weighted by Crippen LogP contribution is -2.03. The summed E-state index contributed by atoms with van der Waals surface area (Å²) in [5.74, 6) is -1.32. The lowest BCUT2D eigenvalue weighted by atomic mass is 10.3. The molecule has 1 aromatic carbocycles. The van der Waals surface area contributed by atoms with E-state index in [0.29, 0.717) is 18.7 Å². The van der Waals surface area contributed by atoms with Crippen LogP contribution in [0.3, 0.4) is 0 Å². The van der Waals surface area contributed by atoms with Gasteiger partial charge in [0.1, 0.15) is 17.3 Å². The number of halogens is 3. The fraction of sp³-hybridized carbons (Fsp3) is 0.333. The number of anilines is 1. The molecule has 0 atom stereocenters. The molecule has 0 aliphatic carbocycles. The zero-order valence-electron chi connectivity index (χ0n) is 10.5. The van der Waals surface area contributed by atoms with Crippen molar-refractivity contribution in [3.05, 3.63) is 40.1 Å². The standard InChI is InChI=1S/C12H13BrF2N4O/c13-9-4-12(11(15)5-10(9)14)16-6-8-7-19(18-17-8)2-1-3-20/h4-5,7,16,20H,1-3,6H2. The van der Waals surface area contributed by atoms with Gasteiger partial charge in [-0.3, -0.25) is 4.68 Å². The Kier molecular flexibility index (Phi) is 5.02. The molecule has 20 heavy (non-hydrogen) atoms. The third-order valence-corrected chi connectivity index (χ3v) is 3.21. The number of hydrogen-bond donors (Lipinski definition) is 2. The molecule has 8 heteroatoms. The fourth-order valence-electron chi connectivity index (χ4n) is 1.61. The van der Waals surface area contributed by atoms with Crippen LogP contribution in [-0.2, 0) is 13.1 Å². The van der Waals surface area contributed by atoms with Crippen LogP contribution in [0.4, 0.5) is 14.5 Å². The van der Waals surface area contributed by atoms with Crippen LogP contribution in [0.15, 0.2) is 22.8 Å². The Morgan fingerprint density at radius 3 is 2.85 bits per heavy atom. The van der Waals surface area contributed by atoms with Gasteiger partial charge in [-0.05, 0) is 28.4 Å². The molecule has 1 aromatic heterocycles. The van der Waals surface area contributed by atoms with Crippen molar-refractivity contribution in [2.75, 3.05) is 11.9 Å². The lowest BCUT2D eigenvalue weighted by molar-refractivity contribution is 0.276. The maximum atomic E-state index is 13.5. The van der Waals surface area contributed by atoms with Crippen molar-refractivity contribution in [1.82, 2.24) is 15.0 Å². The molecule has 0 aliphatic rings. The first-order valence-electron chi connectivity index (χ1n) is 5.98. The predicted octanol–water partition coefficient (Wildman–Crippen LogP) is 2.31. The second-order valence-corrected chi connectivity index (χ2v) is 5.00. The van der Waals surface area contributed by atoms with Gasteiger partial charge in [-0.25, -0.2) is 8.78 Å². The zero-order chi connectivity index (χ0) is 14.5. The van der Waals surface area contributed by atoms with Gasteiger partial charge in [0.15, 0.2) is 0 Å². The summed E-state index contributed by atoms with van der Waals surface area (Å²) in [5, 5.41) is 19.3. The molecule has 0 bridgehead atoms. The Morgan fingerprint density at radius 1 is 1.30 bits per heavy atom. The molecule has 0 radical (unpaired) electrons. The monoisotopic (exact) mass is 346 g/mol. The molecular formula is C12H13BrF2N4O. The normalized spacial score (nSPS) is 10.8. The summed E-state index contributed by atoms with van der Waals surface area (Å²) in [5.41, 5.74) is 0.811. The maximum Gasteiger partial charge on any atom is 0.149 e. The van der Waals surface area contributed by atoms with Gasteiger partial charge >= 0.3 is 0 Å². The van der Waals surface area contributed by atoms with E-state index >= 15 is 0 Å². The average Bonchev–Trinajstić information content (AvgIpc) is 2.87. The van der Waals surface area contributed by atoms with Crippen LogP contribution in [0.25, 0.3) is 0 Å². The number of nitrogens with zero attached hydrogens (tertiary/aromatic N) is 3. The number of benzene rings is 1. The highest BCUT2D eigenvalue weighted by atomic mass is 79.9. The Hall–Kier alpha value is -1.54. The summed E-state index contributed by atoms with van der Waals surface area (Å²) < 4.78 is 28.4. The molecule has 2 rings (SSSR count). The van der Waals surface area contributed by atoms with Gasteiger partial charge in [0.25, 0.3) is 0 Å². The molecule has 5 nitrogen and oxygen atoms in total. The predicted molar refractivity (Wildman–Crippen MR) is 73.1 cm³/mol. The molecule has 0 saturated carbocycles. The average molecular weight is 347 g/mol. The van der Waals surface area contributed by atoms with Crippen LogP contribution in [0, 0.1) is 11.6 Å². The van der Waals surface area contributed by atoms with E-state index in [2.05, 4.69) is 31.6 Å². The van der Waals surface area contributed by atoms with Crippen molar-refractivity contribution in [2.24, 2.45) is 0 Å². The van der Waals surface area contributed by atoms with E-state index in [9.17, 15) is 8.78 Å². The summed E-state index contributed by atoms with van der Waals surface area (Å²) in [7, 11) is 0. The van der Waals surface area contributed by atoms with E-state index in [4.69, 9.17) is 5.11 Å². The Labute approximate surface area is 122 Å². The van der Waals surface area contributed by atoms with E-state index in [0.717, 1.165) is 6.07 Å². The third kappa shape index (κ3) is 3.73. The van der Waals surface area contributed by atoms with Gasteiger partial charge in [-0.2, -0.15) is 0 Å².